The topological polar surface area (TPSA) is 72.1 Å². The zero-order valence-electron chi connectivity index (χ0n) is 16.5. The zero-order valence-corrected chi connectivity index (χ0v) is 16.5. The first kappa shape index (κ1) is 18.5. The van der Waals surface area contributed by atoms with Gasteiger partial charge < -0.3 is 15.0 Å². The van der Waals surface area contributed by atoms with Crippen LogP contribution in [-0.2, 0) is 7.05 Å². The van der Waals surface area contributed by atoms with Crippen molar-refractivity contribution in [2.24, 2.45) is 12.5 Å². The summed E-state index contributed by atoms with van der Waals surface area (Å²) in [6, 6.07) is 5.35. The predicted molar refractivity (Wildman–Crippen MR) is 105 cm³/mol. The Morgan fingerprint density at radius 1 is 1.34 bits per heavy atom. The molecule has 2 saturated carbocycles. The number of hydrogen-bond acceptors (Lipinski definition) is 3. The molecule has 2 heterocycles. The van der Waals surface area contributed by atoms with Gasteiger partial charge in [0, 0.05) is 54.5 Å². The number of aliphatic hydroxyl groups is 1. The lowest BCUT2D eigenvalue weighted by Crippen LogP contribution is -2.53. The molecule has 2 aliphatic carbocycles. The van der Waals surface area contributed by atoms with Crippen LogP contribution in [0.1, 0.15) is 49.0 Å². The molecule has 5 rings (SSSR count). The van der Waals surface area contributed by atoms with Crippen LogP contribution in [-0.4, -0.2) is 43.9 Å². The van der Waals surface area contributed by atoms with Gasteiger partial charge in [0.15, 0.2) is 5.65 Å². The van der Waals surface area contributed by atoms with Crippen LogP contribution < -0.4 is 5.32 Å². The van der Waals surface area contributed by atoms with Crippen molar-refractivity contribution in [3.05, 3.63) is 30.0 Å². The Morgan fingerprint density at radius 3 is 2.72 bits per heavy atom. The Balaban J connectivity index is 1.52. The number of aromatic nitrogens is 3. The molecule has 8 heteroatoms. The number of carbonyl (C=O) groups excluding carboxylic acids is 1. The summed E-state index contributed by atoms with van der Waals surface area (Å²) in [7, 11) is 1.85. The maximum absolute atomic E-state index is 13.4. The molecule has 0 unspecified atom stereocenters. The molecule has 0 aliphatic heterocycles. The van der Waals surface area contributed by atoms with Gasteiger partial charge in [-0.3, -0.25) is 9.48 Å². The fourth-order valence-corrected chi connectivity index (χ4v) is 5.24. The second-order valence-electron chi connectivity index (χ2n) is 8.97. The van der Waals surface area contributed by atoms with Crippen molar-refractivity contribution in [2.75, 3.05) is 6.61 Å². The average Bonchev–Trinajstić information content (AvgIpc) is 3.11. The van der Waals surface area contributed by atoms with Crippen molar-refractivity contribution in [2.45, 2.75) is 50.6 Å². The number of benzene rings is 1. The normalized spacial score (nSPS) is 21.3. The molecule has 1 atom stereocenters. The Morgan fingerprint density at radius 2 is 2.07 bits per heavy atom. The van der Waals surface area contributed by atoms with Crippen LogP contribution in [0.2, 0.25) is 0 Å². The van der Waals surface area contributed by atoms with Gasteiger partial charge in [-0.15, -0.1) is 0 Å². The minimum Gasteiger partial charge on any atom is -0.394 e. The molecular formula is C21H24F2N4O2. The van der Waals surface area contributed by atoms with Crippen molar-refractivity contribution < 1.29 is 18.7 Å². The van der Waals surface area contributed by atoms with Gasteiger partial charge in [0.05, 0.1) is 12.1 Å². The van der Waals surface area contributed by atoms with E-state index in [1.54, 1.807) is 17.7 Å². The van der Waals surface area contributed by atoms with Crippen molar-refractivity contribution in [3.8, 4) is 0 Å². The molecule has 154 valence electrons. The maximum Gasteiger partial charge on any atom is 0.251 e. The van der Waals surface area contributed by atoms with Gasteiger partial charge in [-0.1, -0.05) is 0 Å². The number of fused-ring (bicyclic) bond motifs is 3. The number of rotatable bonds is 4. The molecule has 3 aromatic rings. The van der Waals surface area contributed by atoms with Crippen LogP contribution in [0.15, 0.2) is 24.4 Å². The molecule has 1 spiro atoms. The van der Waals surface area contributed by atoms with Crippen molar-refractivity contribution in [3.63, 3.8) is 0 Å². The van der Waals surface area contributed by atoms with E-state index >= 15 is 0 Å². The molecule has 0 saturated heterocycles. The number of hydrogen-bond donors (Lipinski definition) is 2. The van der Waals surface area contributed by atoms with Crippen molar-refractivity contribution >= 4 is 27.8 Å². The van der Waals surface area contributed by atoms with Gasteiger partial charge in [-0.2, -0.15) is 5.10 Å². The third-order valence-corrected chi connectivity index (χ3v) is 6.47. The number of aliphatic hydroxyl groups excluding tert-OH is 1. The lowest BCUT2D eigenvalue weighted by atomic mass is 9.52. The standard InChI is InChI=1S/C21H24F2N4O2/c1-12(9-28)24-19(29)13-3-4-17-15(5-13)16-8-26(2)25-18(16)27(17)14-6-20(7-14)10-21(22,23)11-20/h3-5,8,12,14,28H,6-7,9-11H2,1-2H3,(H,24,29)/t12-/m1/s1. The largest absolute Gasteiger partial charge is 0.394 e. The highest BCUT2D eigenvalue weighted by molar-refractivity contribution is 6.09. The van der Waals surface area contributed by atoms with E-state index in [2.05, 4.69) is 15.0 Å². The van der Waals surface area contributed by atoms with E-state index in [4.69, 9.17) is 5.11 Å². The molecule has 6 nitrogen and oxygen atoms in total. The van der Waals surface area contributed by atoms with E-state index in [1.807, 2.05) is 25.4 Å². The van der Waals surface area contributed by atoms with E-state index in [9.17, 15) is 13.6 Å². The molecule has 2 aliphatic rings. The summed E-state index contributed by atoms with van der Waals surface area (Å²) < 4.78 is 30.7. The van der Waals surface area contributed by atoms with Crippen LogP contribution in [0.4, 0.5) is 8.78 Å². The quantitative estimate of drug-likeness (QED) is 0.703. The van der Waals surface area contributed by atoms with Gasteiger partial charge in [0.1, 0.15) is 0 Å². The Kier molecular flexibility index (Phi) is 3.84. The smallest absolute Gasteiger partial charge is 0.251 e. The summed E-state index contributed by atoms with van der Waals surface area (Å²) in [5, 5.41) is 18.4. The molecule has 2 fully saturated rings. The highest BCUT2D eigenvalue weighted by Gasteiger charge is 2.62. The number of nitrogens with one attached hydrogen (secondary N) is 1. The fraction of sp³-hybridized carbons (Fsp3) is 0.524. The summed E-state index contributed by atoms with van der Waals surface area (Å²) in [4.78, 5) is 12.5. The minimum absolute atomic E-state index is 0.00553. The highest BCUT2D eigenvalue weighted by Crippen LogP contribution is 2.66. The van der Waals surface area contributed by atoms with E-state index in [0.717, 1.165) is 34.8 Å². The molecular weight excluding hydrogens is 378 g/mol. The van der Waals surface area contributed by atoms with Gasteiger partial charge in [-0.05, 0) is 43.4 Å². The molecule has 2 aromatic heterocycles. The number of alkyl halides is 2. The number of amides is 1. The number of nitrogens with zero attached hydrogens (tertiary/aromatic N) is 3. The van der Waals surface area contributed by atoms with E-state index in [1.165, 1.54) is 0 Å². The summed E-state index contributed by atoms with van der Waals surface area (Å²) in [5.41, 5.74) is 2.10. The van der Waals surface area contributed by atoms with Crippen LogP contribution in [0, 0.1) is 5.41 Å². The highest BCUT2D eigenvalue weighted by atomic mass is 19.3. The lowest BCUT2D eigenvalue weighted by molar-refractivity contribution is -0.202. The Labute approximate surface area is 166 Å². The van der Waals surface area contributed by atoms with Gasteiger partial charge in [-0.25, -0.2) is 8.78 Å². The van der Waals surface area contributed by atoms with Crippen molar-refractivity contribution in [1.82, 2.24) is 19.7 Å². The second-order valence-corrected chi connectivity index (χ2v) is 8.97. The molecule has 2 N–H and O–H groups in total. The Bertz CT molecular complexity index is 1120. The Hall–Kier alpha value is -2.48. The van der Waals surface area contributed by atoms with Gasteiger partial charge in [0.2, 0.25) is 5.92 Å². The monoisotopic (exact) mass is 402 g/mol. The SMILES string of the molecule is C[C@H](CO)NC(=O)c1ccc2c(c1)c1cn(C)nc1n2C1CC2(C1)CC(F)(F)C2. The lowest BCUT2D eigenvalue weighted by Gasteiger charge is -2.57. The summed E-state index contributed by atoms with van der Waals surface area (Å²) in [6.45, 7) is 1.61. The van der Waals surface area contributed by atoms with Crippen LogP contribution in [0.25, 0.3) is 21.9 Å². The number of aryl methyl sites for hydroxylation is 1. The minimum atomic E-state index is -2.50. The zero-order chi connectivity index (χ0) is 20.6. The summed E-state index contributed by atoms with van der Waals surface area (Å²) in [6.07, 6.45) is 3.41. The van der Waals surface area contributed by atoms with E-state index in [0.29, 0.717) is 5.56 Å². The molecule has 0 radical (unpaired) electrons. The first-order chi connectivity index (χ1) is 13.7. The first-order valence-electron chi connectivity index (χ1n) is 9.97. The average molecular weight is 402 g/mol. The molecule has 1 amide bonds. The first-order valence-corrected chi connectivity index (χ1v) is 9.97. The third kappa shape index (κ3) is 2.84. The van der Waals surface area contributed by atoms with Crippen molar-refractivity contribution in [1.29, 1.82) is 0 Å². The van der Waals surface area contributed by atoms with Crippen LogP contribution >= 0.6 is 0 Å². The van der Waals surface area contributed by atoms with E-state index < -0.39 is 5.92 Å². The summed E-state index contributed by atoms with van der Waals surface area (Å²) in [5.74, 6) is -2.74. The third-order valence-electron chi connectivity index (χ3n) is 6.47. The van der Waals surface area contributed by atoms with Gasteiger partial charge in [0.25, 0.3) is 5.91 Å². The molecule has 1 aromatic carbocycles. The van der Waals surface area contributed by atoms with Crippen LogP contribution in [0.5, 0.6) is 0 Å². The number of carbonyl (C=O) groups is 1. The van der Waals surface area contributed by atoms with E-state index in [-0.39, 0.29) is 42.9 Å². The molecule has 0 bridgehead atoms. The van der Waals surface area contributed by atoms with Gasteiger partial charge >= 0.3 is 0 Å². The summed E-state index contributed by atoms with van der Waals surface area (Å²) >= 11 is 0. The number of halogens is 2. The van der Waals surface area contributed by atoms with Crippen LogP contribution in [0.3, 0.4) is 0 Å². The molecule has 29 heavy (non-hydrogen) atoms. The fourth-order valence-electron chi connectivity index (χ4n) is 5.24. The predicted octanol–water partition coefficient (Wildman–Crippen LogP) is 3.39. The second kappa shape index (κ2) is 6.01. The maximum atomic E-state index is 13.4.